The zero-order valence-electron chi connectivity index (χ0n) is 11.9. The molecule has 1 atom stereocenters. The smallest absolute Gasteiger partial charge is 0.387 e. The number of hydrogen-bond acceptors (Lipinski definition) is 5. The van der Waals surface area contributed by atoms with Crippen molar-refractivity contribution in [1.82, 2.24) is 0 Å². The van der Waals surface area contributed by atoms with Gasteiger partial charge < -0.3 is 9.57 Å². The van der Waals surface area contributed by atoms with Gasteiger partial charge in [-0.2, -0.15) is 8.78 Å². The molecule has 0 aliphatic carbocycles. The van der Waals surface area contributed by atoms with Crippen molar-refractivity contribution >= 4 is 38.1 Å². The average Bonchev–Trinajstić information content (AvgIpc) is 2.86. The standard InChI is InChI=1S/C13H13Cl2F2NO4S/c1-13(7-14)5-10(18-22-13)23(19,20)6-8-3-2-4-9(15)11(8)21-12(16)17/h2-4,12H,5-7H2,1H3. The number of sulfone groups is 1. The minimum atomic E-state index is -3.89. The van der Waals surface area contributed by atoms with Gasteiger partial charge in [0.25, 0.3) is 0 Å². The Morgan fingerprint density at radius 1 is 1.48 bits per heavy atom. The van der Waals surface area contributed by atoms with E-state index in [-0.39, 0.29) is 33.7 Å². The molecule has 0 saturated heterocycles. The molecule has 23 heavy (non-hydrogen) atoms. The maximum Gasteiger partial charge on any atom is 0.387 e. The van der Waals surface area contributed by atoms with Gasteiger partial charge in [0, 0.05) is 12.0 Å². The van der Waals surface area contributed by atoms with E-state index in [4.69, 9.17) is 28.0 Å². The molecule has 0 fully saturated rings. The van der Waals surface area contributed by atoms with Crippen molar-refractivity contribution in [1.29, 1.82) is 0 Å². The number of benzene rings is 1. The summed E-state index contributed by atoms with van der Waals surface area (Å²) in [4.78, 5) is 5.04. The lowest BCUT2D eigenvalue weighted by molar-refractivity contribution is -0.0502. The summed E-state index contributed by atoms with van der Waals surface area (Å²) in [6.07, 6.45) is 0.00440. The largest absolute Gasteiger partial charge is 0.433 e. The monoisotopic (exact) mass is 387 g/mol. The summed E-state index contributed by atoms with van der Waals surface area (Å²) in [5.74, 6) is -0.893. The summed E-state index contributed by atoms with van der Waals surface area (Å²) in [6.45, 7) is -1.50. The highest BCUT2D eigenvalue weighted by atomic mass is 35.5. The van der Waals surface area contributed by atoms with E-state index < -0.39 is 27.8 Å². The lowest BCUT2D eigenvalue weighted by Crippen LogP contribution is -2.28. The summed E-state index contributed by atoms with van der Waals surface area (Å²) < 4.78 is 54.1. The predicted molar refractivity (Wildman–Crippen MR) is 83.0 cm³/mol. The minimum Gasteiger partial charge on any atom is -0.433 e. The summed E-state index contributed by atoms with van der Waals surface area (Å²) in [6, 6.07) is 4.12. The van der Waals surface area contributed by atoms with Crippen LogP contribution in [0.15, 0.2) is 23.4 Å². The van der Waals surface area contributed by atoms with Crippen LogP contribution in [-0.2, 0) is 20.4 Å². The van der Waals surface area contributed by atoms with E-state index in [9.17, 15) is 17.2 Å². The van der Waals surface area contributed by atoms with Crippen LogP contribution in [0.25, 0.3) is 0 Å². The third-order valence-electron chi connectivity index (χ3n) is 3.14. The van der Waals surface area contributed by atoms with E-state index in [0.717, 1.165) is 0 Å². The Hall–Kier alpha value is -1.12. The number of oxime groups is 1. The first-order valence-electron chi connectivity index (χ1n) is 6.43. The van der Waals surface area contributed by atoms with Crippen molar-refractivity contribution in [3.63, 3.8) is 0 Å². The Morgan fingerprint density at radius 2 is 2.17 bits per heavy atom. The second-order valence-electron chi connectivity index (χ2n) is 5.20. The molecule has 0 saturated carbocycles. The van der Waals surface area contributed by atoms with E-state index in [2.05, 4.69) is 9.89 Å². The molecule has 1 heterocycles. The first-order valence-corrected chi connectivity index (χ1v) is 8.99. The topological polar surface area (TPSA) is 65.0 Å². The number of rotatable bonds is 5. The van der Waals surface area contributed by atoms with Gasteiger partial charge in [-0.1, -0.05) is 28.9 Å². The molecule has 0 N–H and O–H groups in total. The van der Waals surface area contributed by atoms with E-state index in [1.54, 1.807) is 6.92 Å². The van der Waals surface area contributed by atoms with E-state index in [1.165, 1.54) is 18.2 Å². The van der Waals surface area contributed by atoms with Crippen molar-refractivity contribution in [3.8, 4) is 5.75 Å². The summed E-state index contributed by atoms with van der Waals surface area (Å²) in [5, 5.41) is 3.27. The Labute approximate surface area is 142 Å². The van der Waals surface area contributed by atoms with Crippen LogP contribution in [0, 0.1) is 0 Å². The highest BCUT2D eigenvalue weighted by molar-refractivity contribution is 8.05. The zero-order valence-corrected chi connectivity index (χ0v) is 14.3. The predicted octanol–water partition coefficient (Wildman–Crippen LogP) is 3.59. The Morgan fingerprint density at radius 3 is 2.74 bits per heavy atom. The first kappa shape index (κ1) is 18.2. The SMILES string of the molecule is CC1(CCl)CC(S(=O)(=O)Cc2cccc(Cl)c2OC(F)F)=NO1. The number of alkyl halides is 3. The second kappa shape index (κ2) is 6.78. The first-order chi connectivity index (χ1) is 10.7. The highest BCUT2D eigenvalue weighted by Gasteiger charge is 2.39. The molecular weight excluding hydrogens is 375 g/mol. The molecule has 1 aromatic rings. The van der Waals surface area contributed by atoms with E-state index in [1.807, 2.05) is 0 Å². The average molecular weight is 388 g/mol. The van der Waals surface area contributed by atoms with Gasteiger partial charge in [-0.25, -0.2) is 8.42 Å². The van der Waals surface area contributed by atoms with Gasteiger partial charge in [0.15, 0.2) is 20.5 Å². The fourth-order valence-corrected chi connectivity index (χ4v) is 3.82. The van der Waals surface area contributed by atoms with Gasteiger partial charge in [0.1, 0.15) is 5.75 Å². The number of ether oxygens (including phenoxy) is 1. The molecule has 1 aliphatic rings. The third kappa shape index (κ3) is 4.24. The van der Waals surface area contributed by atoms with Crippen LogP contribution in [0.1, 0.15) is 18.9 Å². The van der Waals surface area contributed by atoms with Crippen LogP contribution >= 0.6 is 23.2 Å². The molecule has 10 heteroatoms. The fourth-order valence-electron chi connectivity index (χ4n) is 1.96. The number of para-hydroxylation sites is 1. The van der Waals surface area contributed by atoms with Crippen molar-refractivity contribution < 1.29 is 26.8 Å². The lowest BCUT2D eigenvalue weighted by Gasteiger charge is -2.17. The lowest BCUT2D eigenvalue weighted by atomic mass is 10.1. The maximum atomic E-state index is 12.5. The van der Waals surface area contributed by atoms with Crippen LogP contribution in [0.4, 0.5) is 8.78 Å². The minimum absolute atomic E-state index is 0.00440. The fraction of sp³-hybridized carbons (Fsp3) is 0.462. The molecule has 1 unspecified atom stereocenters. The summed E-state index contributed by atoms with van der Waals surface area (Å²) in [7, 11) is -3.89. The number of hydrogen-bond donors (Lipinski definition) is 0. The van der Waals surface area contributed by atoms with Crippen molar-refractivity contribution in [2.75, 3.05) is 5.88 Å². The highest BCUT2D eigenvalue weighted by Crippen LogP contribution is 2.33. The molecule has 5 nitrogen and oxygen atoms in total. The maximum absolute atomic E-state index is 12.5. The van der Waals surface area contributed by atoms with Crippen LogP contribution in [0.3, 0.4) is 0 Å². The summed E-state index contributed by atoms with van der Waals surface area (Å²) in [5.41, 5.74) is -0.888. The van der Waals surface area contributed by atoms with Crippen LogP contribution in [0.2, 0.25) is 5.02 Å². The third-order valence-corrected chi connectivity index (χ3v) is 5.63. The Kier molecular flexibility index (Phi) is 5.37. The van der Waals surface area contributed by atoms with Gasteiger partial charge in [-0.3, -0.25) is 0 Å². The van der Waals surface area contributed by atoms with E-state index >= 15 is 0 Å². The molecule has 1 aliphatic heterocycles. The van der Waals surface area contributed by atoms with Crippen molar-refractivity contribution in [3.05, 3.63) is 28.8 Å². The zero-order chi connectivity index (χ0) is 17.3. The van der Waals surface area contributed by atoms with Crippen molar-refractivity contribution in [2.24, 2.45) is 5.16 Å². The van der Waals surface area contributed by atoms with E-state index in [0.29, 0.717) is 0 Å². The van der Waals surface area contributed by atoms with Gasteiger partial charge in [0.2, 0.25) is 0 Å². The molecule has 0 bridgehead atoms. The molecule has 128 valence electrons. The van der Waals surface area contributed by atoms with Crippen LogP contribution in [0.5, 0.6) is 5.75 Å². The molecule has 0 amide bonds. The van der Waals surface area contributed by atoms with Gasteiger partial charge in [0.05, 0.1) is 16.7 Å². The normalized spacial score (nSPS) is 21.2. The number of nitrogens with zero attached hydrogens (tertiary/aromatic N) is 1. The Balaban J connectivity index is 2.27. The Bertz CT molecular complexity index is 727. The molecule has 0 spiro atoms. The quantitative estimate of drug-likeness (QED) is 0.724. The molecule has 2 rings (SSSR count). The second-order valence-corrected chi connectivity index (χ2v) is 7.87. The van der Waals surface area contributed by atoms with Gasteiger partial charge >= 0.3 is 6.61 Å². The molecule has 0 aromatic heterocycles. The molecular formula is C13H13Cl2F2NO4S. The van der Waals surface area contributed by atoms with Crippen LogP contribution < -0.4 is 4.74 Å². The van der Waals surface area contributed by atoms with Gasteiger partial charge in [-0.15, -0.1) is 11.6 Å². The van der Waals surface area contributed by atoms with Crippen LogP contribution in [-0.4, -0.2) is 31.6 Å². The molecule has 0 radical (unpaired) electrons. The number of halogens is 4. The molecule has 1 aromatic carbocycles. The van der Waals surface area contributed by atoms with Crippen molar-refractivity contribution in [2.45, 2.75) is 31.3 Å². The van der Waals surface area contributed by atoms with Gasteiger partial charge in [-0.05, 0) is 13.0 Å². The summed E-state index contributed by atoms with van der Waals surface area (Å²) >= 11 is 11.5.